The number of hydrogen-bond donors (Lipinski definition) is 3. The lowest BCUT2D eigenvalue weighted by Gasteiger charge is -2.09. The summed E-state index contributed by atoms with van der Waals surface area (Å²) in [6.45, 7) is 0.617. The van der Waals surface area contributed by atoms with E-state index in [4.69, 9.17) is 16.7 Å². The number of aliphatic hydroxyl groups excluding tert-OH is 1. The predicted molar refractivity (Wildman–Crippen MR) is 76.0 cm³/mol. The highest BCUT2D eigenvalue weighted by molar-refractivity contribution is 6.32. The molecular formula is C15H15ClFNO2. The van der Waals surface area contributed by atoms with E-state index in [1.54, 1.807) is 30.3 Å². The van der Waals surface area contributed by atoms with Gasteiger partial charge in [0.25, 0.3) is 0 Å². The Labute approximate surface area is 121 Å². The molecule has 2 aromatic rings. The van der Waals surface area contributed by atoms with Crippen molar-refractivity contribution in [2.75, 3.05) is 0 Å². The molecule has 0 radical (unpaired) electrons. The van der Waals surface area contributed by atoms with Crippen molar-refractivity contribution < 1.29 is 14.6 Å². The van der Waals surface area contributed by atoms with Gasteiger partial charge in [-0.05, 0) is 23.8 Å². The maximum atomic E-state index is 13.2. The van der Waals surface area contributed by atoms with Crippen LogP contribution in [0.4, 0.5) is 4.39 Å². The number of nitrogens with one attached hydrogen (secondary N) is 1. The summed E-state index contributed by atoms with van der Waals surface area (Å²) in [7, 11) is 0. The summed E-state index contributed by atoms with van der Waals surface area (Å²) in [4.78, 5) is 0. The van der Waals surface area contributed by atoms with Crippen molar-refractivity contribution in [2.24, 2.45) is 0 Å². The van der Waals surface area contributed by atoms with Crippen molar-refractivity contribution in [3.63, 3.8) is 0 Å². The number of phenols is 1. The number of hydrogen-bond acceptors (Lipinski definition) is 3. The third kappa shape index (κ3) is 3.48. The summed E-state index contributed by atoms with van der Waals surface area (Å²) in [5.74, 6) is -0.347. The molecule has 0 aromatic heterocycles. The van der Waals surface area contributed by atoms with Crippen LogP contribution in [0.1, 0.15) is 16.7 Å². The first-order valence-electron chi connectivity index (χ1n) is 6.17. The van der Waals surface area contributed by atoms with Gasteiger partial charge < -0.3 is 15.5 Å². The molecule has 20 heavy (non-hydrogen) atoms. The minimum Gasteiger partial charge on any atom is -0.506 e. The van der Waals surface area contributed by atoms with E-state index in [0.29, 0.717) is 23.7 Å². The van der Waals surface area contributed by atoms with Crippen molar-refractivity contribution in [3.05, 3.63) is 63.9 Å². The van der Waals surface area contributed by atoms with Crippen LogP contribution in [0.5, 0.6) is 5.75 Å². The number of para-hydroxylation sites is 1. The van der Waals surface area contributed by atoms with Crippen LogP contribution in [-0.4, -0.2) is 10.2 Å². The molecule has 0 atom stereocenters. The van der Waals surface area contributed by atoms with Gasteiger partial charge in [0.1, 0.15) is 11.6 Å². The van der Waals surface area contributed by atoms with E-state index in [1.807, 2.05) is 0 Å². The lowest BCUT2D eigenvalue weighted by atomic mass is 10.1. The average Bonchev–Trinajstić information content (AvgIpc) is 2.45. The molecule has 0 amide bonds. The molecule has 2 aromatic carbocycles. The van der Waals surface area contributed by atoms with E-state index in [2.05, 4.69) is 5.32 Å². The van der Waals surface area contributed by atoms with Crippen LogP contribution in [0.3, 0.4) is 0 Å². The Bertz CT molecular complexity index is 604. The molecule has 0 spiro atoms. The topological polar surface area (TPSA) is 52.5 Å². The summed E-state index contributed by atoms with van der Waals surface area (Å²) < 4.78 is 13.2. The molecule has 5 heteroatoms. The van der Waals surface area contributed by atoms with Crippen LogP contribution in [0.2, 0.25) is 5.02 Å². The van der Waals surface area contributed by atoms with Crippen LogP contribution < -0.4 is 5.32 Å². The monoisotopic (exact) mass is 295 g/mol. The maximum Gasteiger partial charge on any atom is 0.138 e. The van der Waals surface area contributed by atoms with Crippen molar-refractivity contribution in [3.8, 4) is 5.75 Å². The highest BCUT2D eigenvalue weighted by atomic mass is 35.5. The molecule has 106 valence electrons. The van der Waals surface area contributed by atoms with Gasteiger partial charge in [-0.1, -0.05) is 29.8 Å². The standard InChI is InChI=1S/C15H15ClFNO2/c16-13-3-1-2-11(15(13)20)8-18-7-10-4-5-14(17)12(6-10)9-19/h1-6,18-20H,7-9H2. The van der Waals surface area contributed by atoms with Crippen LogP contribution >= 0.6 is 11.6 Å². The van der Waals surface area contributed by atoms with Gasteiger partial charge >= 0.3 is 0 Å². The Hall–Kier alpha value is -1.62. The van der Waals surface area contributed by atoms with Gasteiger partial charge in [-0.2, -0.15) is 0 Å². The summed E-state index contributed by atoms with van der Waals surface area (Å²) >= 11 is 5.82. The molecule has 3 nitrogen and oxygen atoms in total. The SMILES string of the molecule is OCc1cc(CNCc2cccc(Cl)c2O)ccc1F. The minimum atomic E-state index is -0.413. The van der Waals surface area contributed by atoms with E-state index < -0.39 is 5.82 Å². The third-order valence-corrected chi connectivity index (χ3v) is 3.30. The molecule has 0 fully saturated rings. The molecule has 0 heterocycles. The first-order valence-corrected chi connectivity index (χ1v) is 6.55. The van der Waals surface area contributed by atoms with E-state index in [0.717, 1.165) is 5.56 Å². The number of halogens is 2. The summed E-state index contributed by atoms with van der Waals surface area (Å²) in [5, 5.41) is 22.2. The van der Waals surface area contributed by atoms with E-state index in [1.165, 1.54) is 6.07 Å². The molecule has 0 bridgehead atoms. The quantitative estimate of drug-likeness (QED) is 0.795. The van der Waals surface area contributed by atoms with Crippen LogP contribution in [0.15, 0.2) is 36.4 Å². The molecule has 0 aliphatic carbocycles. The molecule has 0 saturated heterocycles. The maximum absolute atomic E-state index is 13.2. The van der Waals surface area contributed by atoms with E-state index >= 15 is 0 Å². The van der Waals surface area contributed by atoms with Crippen molar-refractivity contribution >= 4 is 11.6 Å². The lowest BCUT2D eigenvalue weighted by Crippen LogP contribution is -2.13. The van der Waals surface area contributed by atoms with Crippen molar-refractivity contribution in [2.45, 2.75) is 19.7 Å². The summed E-state index contributed by atoms with van der Waals surface area (Å²) in [6, 6.07) is 9.76. The van der Waals surface area contributed by atoms with Gasteiger partial charge in [0, 0.05) is 24.2 Å². The van der Waals surface area contributed by atoms with Gasteiger partial charge in [-0.3, -0.25) is 0 Å². The summed E-state index contributed by atoms with van der Waals surface area (Å²) in [5.41, 5.74) is 1.83. The highest BCUT2D eigenvalue weighted by Gasteiger charge is 2.05. The average molecular weight is 296 g/mol. The van der Waals surface area contributed by atoms with Crippen molar-refractivity contribution in [1.29, 1.82) is 0 Å². The van der Waals surface area contributed by atoms with Crippen LogP contribution in [0.25, 0.3) is 0 Å². The molecule has 3 N–H and O–H groups in total. The zero-order chi connectivity index (χ0) is 14.5. The second-order valence-corrected chi connectivity index (χ2v) is 4.84. The Kier molecular flexibility index (Phi) is 4.95. The number of aromatic hydroxyl groups is 1. The summed E-state index contributed by atoms with van der Waals surface area (Å²) in [6.07, 6.45) is 0. The fraction of sp³-hybridized carbons (Fsp3) is 0.200. The zero-order valence-electron chi connectivity index (χ0n) is 10.7. The minimum absolute atomic E-state index is 0.0665. The van der Waals surface area contributed by atoms with Gasteiger partial charge in [0.15, 0.2) is 0 Å². The van der Waals surface area contributed by atoms with E-state index in [9.17, 15) is 9.50 Å². The Morgan fingerprint density at radius 3 is 2.65 bits per heavy atom. The molecular weight excluding hydrogens is 281 g/mol. The molecule has 2 rings (SSSR count). The zero-order valence-corrected chi connectivity index (χ0v) is 11.5. The molecule has 0 aliphatic rings. The first-order chi connectivity index (χ1) is 9.61. The Morgan fingerprint density at radius 2 is 1.90 bits per heavy atom. The molecule has 0 aliphatic heterocycles. The van der Waals surface area contributed by atoms with Gasteiger partial charge in [0.05, 0.1) is 11.6 Å². The molecule has 0 unspecified atom stereocenters. The Balaban J connectivity index is 1.98. The normalized spacial score (nSPS) is 10.8. The second-order valence-electron chi connectivity index (χ2n) is 4.43. The third-order valence-electron chi connectivity index (χ3n) is 3.00. The van der Waals surface area contributed by atoms with Gasteiger partial charge in [-0.25, -0.2) is 4.39 Å². The number of phenolic OH excluding ortho intramolecular Hbond substituents is 1. The number of benzene rings is 2. The van der Waals surface area contributed by atoms with Gasteiger partial charge in [-0.15, -0.1) is 0 Å². The van der Waals surface area contributed by atoms with Crippen LogP contribution in [-0.2, 0) is 19.7 Å². The van der Waals surface area contributed by atoms with Gasteiger partial charge in [0.2, 0.25) is 0 Å². The highest BCUT2D eigenvalue weighted by Crippen LogP contribution is 2.26. The predicted octanol–water partition coefficient (Wildman–Crippen LogP) is 2.97. The second kappa shape index (κ2) is 6.70. The lowest BCUT2D eigenvalue weighted by molar-refractivity contribution is 0.275. The number of rotatable bonds is 5. The Morgan fingerprint density at radius 1 is 1.10 bits per heavy atom. The fourth-order valence-electron chi connectivity index (χ4n) is 1.90. The van der Waals surface area contributed by atoms with E-state index in [-0.39, 0.29) is 17.9 Å². The largest absolute Gasteiger partial charge is 0.506 e. The first kappa shape index (κ1) is 14.8. The van der Waals surface area contributed by atoms with Crippen LogP contribution in [0, 0.1) is 5.82 Å². The smallest absolute Gasteiger partial charge is 0.138 e. The fourth-order valence-corrected chi connectivity index (χ4v) is 2.10. The number of aliphatic hydroxyl groups is 1. The van der Waals surface area contributed by atoms with Crippen molar-refractivity contribution in [1.82, 2.24) is 5.32 Å². The molecule has 0 saturated carbocycles.